The molecule has 1 aliphatic rings. The SMILES string of the molecule is CN(Cc1ccc(CN(CC(=O)c2ccccc2)[C@@H]2CCCC[C@@H]2NCc2ncc[nH]2)cc1)Cc1ncccc1O. The Morgan fingerprint density at radius 3 is 2.41 bits per heavy atom. The smallest absolute Gasteiger partial charge is 0.176 e. The Balaban J connectivity index is 1.28. The number of pyridine rings is 1. The topological polar surface area (TPSA) is 97.4 Å². The first-order chi connectivity index (χ1) is 20.0. The molecule has 2 heterocycles. The van der Waals surface area contributed by atoms with Crippen molar-refractivity contribution in [3.8, 4) is 5.75 Å². The standard InChI is InChI=1S/C33H40N6O2/c1-38(23-29-31(40)12-7-17-34-29)21-25-13-15-26(16-14-25)22-39(24-32(41)27-8-3-2-4-9-27)30-11-6-5-10-28(30)37-20-33-35-18-19-36-33/h2-4,7-9,12-19,28,30,37,40H,5-6,10-11,20-24H2,1H3,(H,35,36)/t28-,30+/m0/s1. The predicted octanol–water partition coefficient (Wildman–Crippen LogP) is 4.93. The summed E-state index contributed by atoms with van der Waals surface area (Å²) in [5, 5.41) is 13.8. The van der Waals surface area contributed by atoms with Gasteiger partial charge < -0.3 is 15.4 Å². The summed E-state index contributed by atoms with van der Waals surface area (Å²) in [6.07, 6.45) is 9.82. The van der Waals surface area contributed by atoms with Crippen molar-refractivity contribution in [2.75, 3.05) is 13.6 Å². The maximum absolute atomic E-state index is 13.4. The van der Waals surface area contributed by atoms with E-state index in [9.17, 15) is 9.90 Å². The van der Waals surface area contributed by atoms with Gasteiger partial charge in [-0.05, 0) is 43.1 Å². The van der Waals surface area contributed by atoms with E-state index >= 15 is 0 Å². The number of carbonyl (C=O) groups is 1. The van der Waals surface area contributed by atoms with Crippen LogP contribution < -0.4 is 5.32 Å². The number of nitrogens with one attached hydrogen (secondary N) is 2. The highest BCUT2D eigenvalue weighted by molar-refractivity contribution is 5.97. The summed E-state index contributed by atoms with van der Waals surface area (Å²) >= 11 is 0. The largest absolute Gasteiger partial charge is 0.506 e. The molecule has 8 heteroatoms. The third kappa shape index (κ3) is 8.10. The second kappa shape index (κ2) is 14.2. The third-order valence-corrected chi connectivity index (χ3v) is 7.87. The fourth-order valence-corrected chi connectivity index (χ4v) is 5.76. The average molecular weight is 553 g/mol. The molecule has 4 aromatic rings. The van der Waals surface area contributed by atoms with Crippen molar-refractivity contribution in [1.29, 1.82) is 0 Å². The van der Waals surface area contributed by atoms with Gasteiger partial charge in [0.15, 0.2) is 5.78 Å². The number of aromatic amines is 1. The van der Waals surface area contributed by atoms with Crippen molar-refractivity contribution in [1.82, 2.24) is 30.1 Å². The lowest BCUT2D eigenvalue weighted by Gasteiger charge is -2.40. The van der Waals surface area contributed by atoms with Crippen molar-refractivity contribution in [3.63, 3.8) is 0 Å². The fraction of sp³-hybridized carbons (Fsp3) is 0.364. The molecule has 8 nitrogen and oxygen atoms in total. The predicted molar refractivity (Wildman–Crippen MR) is 160 cm³/mol. The zero-order chi connectivity index (χ0) is 28.4. The molecule has 0 amide bonds. The monoisotopic (exact) mass is 552 g/mol. The minimum Gasteiger partial charge on any atom is -0.506 e. The van der Waals surface area contributed by atoms with Crippen LogP contribution in [0.5, 0.6) is 5.75 Å². The summed E-state index contributed by atoms with van der Waals surface area (Å²) in [5.41, 5.74) is 3.81. The highest BCUT2D eigenvalue weighted by Crippen LogP contribution is 2.26. The zero-order valence-electron chi connectivity index (χ0n) is 23.7. The van der Waals surface area contributed by atoms with E-state index in [0.29, 0.717) is 31.9 Å². The second-order valence-electron chi connectivity index (χ2n) is 11.0. The third-order valence-electron chi connectivity index (χ3n) is 7.87. The lowest BCUT2D eigenvalue weighted by molar-refractivity contribution is 0.0781. The number of benzene rings is 2. The Morgan fingerprint density at radius 2 is 1.68 bits per heavy atom. The Labute approximate surface area is 242 Å². The minimum atomic E-state index is 0.150. The summed E-state index contributed by atoms with van der Waals surface area (Å²) in [4.78, 5) is 29.8. The van der Waals surface area contributed by atoms with Gasteiger partial charge in [-0.1, -0.05) is 67.4 Å². The number of Topliss-reactive ketones (excluding diaryl/α,β-unsaturated/α-hetero) is 1. The zero-order valence-corrected chi connectivity index (χ0v) is 23.7. The van der Waals surface area contributed by atoms with E-state index in [0.717, 1.165) is 37.2 Å². The van der Waals surface area contributed by atoms with Crippen LogP contribution in [0.1, 0.15) is 58.7 Å². The fourth-order valence-electron chi connectivity index (χ4n) is 5.76. The molecule has 2 aromatic carbocycles. The summed E-state index contributed by atoms with van der Waals surface area (Å²) in [7, 11) is 2.03. The van der Waals surface area contributed by atoms with Crippen LogP contribution in [0.2, 0.25) is 0 Å². The first-order valence-corrected chi connectivity index (χ1v) is 14.5. The van der Waals surface area contributed by atoms with Gasteiger partial charge in [-0.3, -0.25) is 19.6 Å². The molecule has 0 spiro atoms. The van der Waals surface area contributed by atoms with Gasteiger partial charge in [-0.15, -0.1) is 0 Å². The Hall–Kier alpha value is -3.85. The average Bonchev–Trinajstić information content (AvgIpc) is 3.52. The highest BCUT2D eigenvalue weighted by Gasteiger charge is 2.31. The molecule has 0 radical (unpaired) electrons. The number of carbonyl (C=O) groups excluding carboxylic acids is 1. The van der Waals surface area contributed by atoms with Gasteiger partial charge in [0.25, 0.3) is 0 Å². The number of aromatic hydroxyl groups is 1. The lowest BCUT2D eigenvalue weighted by atomic mass is 9.88. The highest BCUT2D eigenvalue weighted by atomic mass is 16.3. The number of H-pyrrole nitrogens is 1. The van der Waals surface area contributed by atoms with Crippen LogP contribution in [0.3, 0.4) is 0 Å². The molecule has 1 fully saturated rings. The van der Waals surface area contributed by atoms with Crippen molar-refractivity contribution >= 4 is 5.78 Å². The second-order valence-corrected chi connectivity index (χ2v) is 11.0. The van der Waals surface area contributed by atoms with Crippen molar-refractivity contribution in [2.24, 2.45) is 0 Å². The molecule has 1 saturated carbocycles. The van der Waals surface area contributed by atoms with Crippen LogP contribution in [-0.4, -0.2) is 61.3 Å². The quantitative estimate of drug-likeness (QED) is 0.202. The molecule has 0 bridgehead atoms. The van der Waals surface area contributed by atoms with Crippen molar-refractivity contribution in [3.05, 3.63) is 114 Å². The van der Waals surface area contributed by atoms with Crippen molar-refractivity contribution < 1.29 is 9.90 Å². The van der Waals surface area contributed by atoms with Crippen LogP contribution in [0, 0.1) is 0 Å². The number of hydrogen-bond acceptors (Lipinski definition) is 7. The number of imidazole rings is 1. The lowest BCUT2D eigenvalue weighted by Crippen LogP contribution is -2.52. The van der Waals surface area contributed by atoms with Gasteiger partial charge in [0.05, 0.1) is 18.8 Å². The molecule has 2 aromatic heterocycles. The van der Waals surface area contributed by atoms with Gasteiger partial charge in [-0.25, -0.2) is 4.98 Å². The molecular weight excluding hydrogens is 512 g/mol. The van der Waals surface area contributed by atoms with Crippen LogP contribution in [0.25, 0.3) is 0 Å². The van der Waals surface area contributed by atoms with E-state index in [1.807, 2.05) is 43.6 Å². The molecule has 1 aliphatic carbocycles. The molecule has 41 heavy (non-hydrogen) atoms. The molecule has 214 valence electrons. The first kappa shape index (κ1) is 28.7. The normalized spacial score (nSPS) is 17.2. The van der Waals surface area contributed by atoms with Crippen LogP contribution >= 0.6 is 0 Å². The van der Waals surface area contributed by atoms with Gasteiger partial charge >= 0.3 is 0 Å². The molecule has 2 atom stereocenters. The van der Waals surface area contributed by atoms with Gasteiger partial charge in [0.2, 0.25) is 0 Å². The number of ketones is 1. The minimum absolute atomic E-state index is 0.150. The molecule has 0 saturated heterocycles. The van der Waals surface area contributed by atoms with Crippen LogP contribution in [0.4, 0.5) is 0 Å². The van der Waals surface area contributed by atoms with Gasteiger partial charge in [0.1, 0.15) is 11.6 Å². The molecule has 5 rings (SSSR count). The number of nitrogens with zero attached hydrogens (tertiary/aromatic N) is 4. The first-order valence-electron chi connectivity index (χ1n) is 14.5. The summed E-state index contributed by atoms with van der Waals surface area (Å²) in [5.74, 6) is 1.30. The number of hydrogen-bond donors (Lipinski definition) is 3. The van der Waals surface area contributed by atoms with Crippen molar-refractivity contribution in [2.45, 2.75) is 63.9 Å². The van der Waals surface area contributed by atoms with Crippen LogP contribution in [-0.2, 0) is 26.2 Å². The molecule has 0 unspecified atom stereocenters. The maximum Gasteiger partial charge on any atom is 0.176 e. The van der Waals surface area contributed by atoms with Crippen LogP contribution in [0.15, 0.2) is 85.3 Å². The van der Waals surface area contributed by atoms with E-state index in [1.165, 1.54) is 17.5 Å². The summed E-state index contributed by atoms with van der Waals surface area (Å²) < 4.78 is 0. The van der Waals surface area contributed by atoms with E-state index in [4.69, 9.17) is 0 Å². The van der Waals surface area contributed by atoms with Gasteiger partial charge in [0, 0.05) is 55.9 Å². The Bertz CT molecular complexity index is 1360. The molecular formula is C33H40N6O2. The maximum atomic E-state index is 13.4. The molecule has 3 N–H and O–H groups in total. The van der Waals surface area contributed by atoms with E-state index in [1.54, 1.807) is 24.5 Å². The number of rotatable bonds is 13. The van der Waals surface area contributed by atoms with E-state index < -0.39 is 0 Å². The van der Waals surface area contributed by atoms with E-state index in [2.05, 4.69) is 54.3 Å². The summed E-state index contributed by atoms with van der Waals surface area (Å²) in [6, 6.07) is 22.2. The van der Waals surface area contributed by atoms with E-state index in [-0.39, 0.29) is 23.6 Å². The Kier molecular flexibility index (Phi) is 9.91. The number of aromatic nitrogens is 3. The molecule has 0 aliphatic heterocycles. The van der Waals surface area contributed by atoms with Gasteiger partial charge in [-0.2, -0.15) is 0 Å². The summed E-state index contributed by atoms with van der Waals surface area (Å²) in [6.45, 7) is 3.09. The Morgan fingerprint density at radius 1 is 0.927 bits per heavy atom.